The number of rotatable bonds is 3. The van der Waals surface area contributed by atoms with Crippen LogP contribution in [0.1, 0.15) is 16.7 Å². The molecule has 1 N–H and O–H groups in total. The standard InChI is InChI=1S/C18H21ClN2/c1-21(13-14-5-3-2-4-6-14)18-16-10-12-20-11-9-15(16)7-8-17(18)19/h2-8,20H,9-13H2,1H3. The van der Waals surface area contributed by atoms with E-state index in [-0.39, 0.29) is 0 Å². The molecule has 3 heteroatoms. The predicted molar refractivity (Wildman–Crippen MR) is 90.3 cm³/mol. The maximum Gasteiger partial charge on any atom is 0.0642 e. The minimum absolute atomic E-state index is 0.856. The zero-order chi connectivity index (χ0) is 14.7. The second kappa shape index (κ2) is 6.50. The van der Waals surface area contributed by atoms with E-state index in [0.717, 1.165) is 37.5 Å². The number of hydrogen-bond acceptors (Lipinski definition) is 2. The van der Waals surface area contributed by atoms with E-state index >= 15 is 0 Å². The summed E-state index contributed by atoms with van der Waals surface area (Å²) in [5, 5.41) is 4.32. The molecular formula is C18H21ClN2. The lowest BCUT2D eigenvalue weighted by Gasteiger charge is -2.25. The first-order valence-electron chi connectivity index (χ1n) is 7.52. The highest BCUT2D eigenvalue weighted by Gasteiger charge is 2.17. The first-order valence-corrected chi connectivity index (χ1v) is 7.89. The van der Waals surface area contributed by atoms with Gasteiger partial charge in [-0.3, -0.25) is 0 Å². The van der Waals surface area contributed by atoms with Gasteiger partial charge >= 0.3 is 0 Å². The Labute approximate surface area is 131 Å². The van der Waals surface area contributed by atoms with Crippen molar-refractivity contribution in [2.45, 2.75) is 19.4 Å². The Morgan fingerprint density at radius 3 is 2.62 bits per heavy atom. The van der Waals surface area contributed by atoms with Crippen molar-refractivity contribution >= 4 is 17.3 Å². The molecule has 0 aromatic heterocycles. The van der Waals surface area contributed by atoms with E-state index in [0.29, 0.717) is 0 Å². The van der Waals surface area contributed by atoms with Crippen molar-refractivity contribution in [2.75, 3.05) is 25.0 Å². The molecule has 1 heterocycles. The molecule has 2 aromatic carbocycles. The van der Waals surface area contributed by atoms with Gasteiger partial charge in [-0.1, -0.05) is 48.0 Å². The number of anilines is 1. The van der Waals surface area contributed by atoms with Gasteiger partial charge in [0.2, 0.25) is 0 Å². The van der Waals surface area contributed by atoms with E-state index in [2.05, 4.69) is 53.7 Å². The second-order valence-electron chi connectivity index (χ2n) is 5.63. The Morgan fingerprint density at radius 1 is 1.05 bits per heavy atom. The van der Waals surface area contributed by atoms with Gasteiger partial charge in [-0.15, -0.1) is 0 Å². The van der Waals surface area contributed by atoms with Crippen LogP contribution in [0.5, 0.6) is 0 Å². The van der Waals surface area contributed by atoms with Crippen LogP contribution < -0.4 is 10.2 Å². The molecule has 0 bridgehead atoms. The van der Waals surface area contributed by atoms with E-state index in [4.69, 9.17) is 11.6 Å². The van der Waals surface area contributed by atoms with Crippen LogP contribution in [0.25, 0.3) is 0 Å². The SMILES string of the molecule is CN(Cc1ccccc1)c1c(Cl)ccc2c1CCNCC2. The summed E-state index contributed by atoms with van der Waals surface area (Å²) < 4.78 is 0. The van der Waals surface area contributed by atoms with E-state index in [9.17, 15) is 0 Å². The Bertz CT molecular complexity index is 610. The molecule has 0 atom stereocenters. The van der Waals surface area contributed by atoms with Crippen LogP contribution in [0, 0.1) is 0 Å². The number of benzene rings is 2. The molecule has 2 aromatic rings. The number of halogens is 1. The zero-order valence-corrected chi connectivity index (χ0v) is 13.2. The highest BCUT2D eigenvalue weighted by molar-refractivity contribution is 6.33. The van der Waals surface area contributed by atoms with Crippen molar-refractivity contribution in [3.8, 4) is 0 Å². The third-order valence-corrected chi connectivity index (χ3v) is 4.40. The Hall–Kier alpha value is -1.51. The van der Waals surface area contributed by atoms with Gasteiger partial charge in [0.05, 0.1) is 10.7 Å². The first-order chi connectivity index (χ1) is 10.3. The highest BCUT2D eigenvalue weighted by Crippen LogP contribution is 2.33. The molecule has 0 aliphatic carbocycles. The second-order valence-corrected chi connectivity index (χ2v) is 6.03. The molecule has 0 spiro atoms. The molecule has 1 aliphatic rings. The highest BCUT2D eigenvalue weighted by atomic mass is 35.5. The molecule has 1 aliphatic heterocycles. The van der Waals surface area contributed by atoms with E-state index in [1.165, 1.54) is 22.4 Å². The lowest BCUT2D eigenvalue weighted by Crippen LogP contribution is -2.20. The molecule has 0 radical (unpaired) electrons. The average Bonchev–Trinajstić information content (AvgIpc) is 2.73. The minimum Gasteiger partial charge on any atom is -0.369 e. The van der Waals surface area contributed by atoms with Crippen LogP contribution >= 0.6 is 11.6 Å². The summed E-state index contributed by atoms with van der Waals surface area (Å²) in [5.74, 6) is 0. The van der Waals surface area contributed by atoms with E-state index in [1.54, 1.807) is 0 Å². The third kappa shape index (κ3) is 3.22. The number of nitrogens with one attached hydrogen (secondary N) is 1. The summed E-state index contributed by atoms with van der Waals surface area (Å²) in [5.41, 5.74) is 5.34. The van der Waals surface area contributed by atoms with Gasteiger partial charge in [-0.2, -0.15) is 0 Å². The monoisotopic (exact) mass is 300 g/mol. The summed E-state index contributed by atoms with van der Waals surface area (Å²) in [6, 6.07) is 14.8. The maximum atomic E-state index is 6.51. The predicted octanol–water partition coefficient (Wildman–Crippen LogP) is 3.66. The van der Waals surface area contributed by atoms with Crippen LogP contribution in [0.15, 0.2) is 42.5 Å². The average molecular weight is 301 g/mol. The van der Waals surface area contributed by atoms with Crippen LogP contribution in [0.2, 0.25) is 5.02 Å². The normalized spacial score (nSPS) is 14.4. The summed E-state index contributed by atoms with van der Waals surface area (Å²) in [7, 11) is 2.13. The number of nitrogens with zero attached hydrogens (tertiary/aromatic N) is 1. The molecule has 0 saturated heterocycles. The Kier molecular flexibility index (Phi) is 4.47. The quantitative estimate of drug-likeness (QED) is 0.930. The number of fused-ring (bicyclic) bond motifs is 1. The molecule has 0 unspecified atom stereocenters. The van der Waals surface area contributed by atoms with Crippen molar-refractivity contribution in [2.24, 2.45) is 0 Å². The van der Waals surface area contributed by atoms with Crippen LogP contribution in [-0.4, -0.2) is 20.1 Å². The van der Waals surface area contributed by atoms with Crippen molar-refractivity contribution in [3.05, 3.63) is 64.2 Å². The van der Waals surface area contributed by atoms with Crippen molar-refractivity contribution in [1.82, 2.24) is 5.32 Å². The molecule has 0 fully saturated rings. The molecular weight excluding hydrogens is 280 g/mol. The van der Waals surface area contributed by atoms with Crippen molar-refractivity contribution < 1.29 is 0 Å². The van der Waals surface area contributed by atoms with Gasteiger partial charge in [-0.05, 0) is 48.7 Å². The third-order valence-electron chi connectivity index (χ3n) is 4.10. The zero-order valence-electron chi connectivity index (χ0n) is 12.4. The van der Waals surface area contributed by atoms with Gasteiger partial charge in [0.15, 0.2) is 0 Å². The summed E-state index contributed by atoms with van der Waals surface area (Å²) in [6.07, 6.45) is 2.13. The van der Waals surface area contributed by atoms with E-state index < -0.39 is 0 Å². The van der Waals surface area contributed by atoms with Gasteiger partial charge in [0.1, 0.15) is 0 Å². The van der Waals surface area contributed by atoms with Gasteiger partial charge in [-0.25, -0.2) is 0 Å². The molecule has 0 amide bonds. The van der Waals surface area contributed by atoms with Gasteiger partial charge in [0, 0.05) is 13.6 Å². The summed E-state index contributed by atoms with van der Waals surface area (Å²) >= 11 is 6.51. The molecule has 3 rings (SSSR count). The van der Waals surface area contributed by atoms with Crippen LogP contribution in [-0.2, 0) is 19.4 Å². The summed E-state index contributed by atoms with van der Waals surface area (Å²) in [4.78, 5) is 2.28. The fourth-order valence-electron chi connectivity index (χ4n) is 3.07. The number of hydrogen-bond donors (Lipinski definition) is 1. The molecule has 21 heavy (non-hydrogen) atoms. The van der Waals surface area contributed by atoms with Crippen LogP contribution in [0.3, 0.4) is 0 Å². The smallest absolute Gasteiger partial charge is 0.0642 e. The van der Waals surface area contributed by atoms with Crippen molar-refractivity contribution in [1.29, 1.82) is 0 Å². The fourth-order valence-corrected chi connectivity index (χ4v) is 3.39. The largest absolute Gasteiger partial charge is 0.369 e. The lowest BCUT2D eigenvalue weighted by molar-refractivity contribution is 0.710. The van der Waals surface area contributed by atoms with Crippen molar-refractivity contribution in [3.63, 3.8) is 0 Å². The van der Waals surface area contributed by atoms with Crippen LogP contribution in [0.4, 0.5) is 5.69 Å². The molecule has 2 nitrogen and oxygen atoms in total. The molecule has 110 valence electrons. The Balaban J connectivity index is 1.93. The van der Waals surface area contributed by atoms with E-state index in [1.807, 2.05) is 6.07 Å². The molecule has 0 saturated carbocycles. The topological polar surface area (TPSA) is 15.3 Å². The fraction of sp³-hybridized carbons (Fsp3) is 0.333. The Morgan fingerprint density at radius 2 is 1.81 bits per heavy atom. The minimum atomic E-state index is 0.856. The maximum absolute atomic E-state index is 6.51. The summed E-state index contributed by atoms with van der Waals surface area (Å²) in [6.45, 7) is 2.96. The first kappa shape index (κ1) is 14.4. The van der Waals surface area contributed by atoms with Gasteiger partial charge < -0.3 is 10.2 Å². The lowest BCUT2D eigenvalue weighted by atomic mass is 10.00. The van der Waals surface area contributed by atoms with Gasteiger partial charge in [0.25, 0.3) is 0 Å².